The van der Waals surface area contributed by atoms with Crippen LogP contribution in [0.5, 0.6) is 5.75 Å². The first-order valence-electron chi connectivity index (χ1n) is 7.76. The first-order valence-corrected chi connectivity index (χ1v) is 11.5. The van der Waals surface area contributed by atoms with E-state index >= 15 is 0 Å². The van der Waals surface area contributed by atoms with E-state index in [-0.39, 0.29) is 17.1 Å². The van der Waals surface area contributed by atoms with E-state index in [1.165, 1.54) is 6.07 Å². The van der Waals surface area contributed by atoms with Crippen LogP contribution >= 0.6 is 0 Å². The molecule has 146 valence electrons. The third kappa shape index (κ3) is 6.11. The lowest BCUT2D eigenvalue weighted by Gasteiger charge is -2.31. The van der Waals surface area contributed by atoms with Gasteiger partial charge in [-0.3, -0.25) is 19.0 Å². The van der Waals surface area contributed by atoms with Crippen LogP contribution in [0.3, 0.4) is 0 Å². The predicted molar refractivity (Wildman–Crippen MR) is 94.2 cm³/mol. The number of nitrogens with one attached hydrogen (secondary N) is 1. The molecule has 0 amide bonds. The minimum atomic E-state index is -3.71. The summed E-state index contributed by atoms with van der Waals surface area (Å²) in [7, 11) is -7.35. The van der Waals surface area contributed by atoms with Gasteiger partial charge in [-0.05, 0) is 25.3 Å². The standard InChI is InChI=1S/C14H20N2O8S2/c1-25(19,20)15-11-8-7-10(16(17)18)9-14(11)23-12-5-3-4-6-13(12)24-26(2,21)22/h7-9,12-13,15H,3-6H2,1-2H3. The quantitative estimate of drug-likeness (QED) is 0.407. The zero-order valence-corrected chi connectivity index (χ0v) is 15.9. The number of nitro benzene ring substituents is 1. The lowest BCUT2D eigenvalue weighted by Crippen LogP contribution is -2.38. The number of ether oxygens (including phenoxy) is 1. The van der Waals surface area contributed by atoms with Crippen LogP contribution in [0.25, 0.3) is 0 Å². The number of nitro groups is 1. The molecule has 0 heterocycles. The van der Waals surface area contributed by atoms with Gasteiger partial charge in [-0.25, -0.2) is 8.42 Å². The third-order valence-corrected chi connectivity index (χ3v) is 4.88. The third-order valence-electron chi connectivity index (χ3n) is 3.69. The summed E-state index contributed by atoms with van der Waals surface area (Å²) in [6.45, 7) is 0. The number of rotatable bonds is 7. The Balaban J connectivity index is 2.34. The van der Waals surface area contributed by atoms with Crippen molar-refractivity contribution in [2.75, 3.05) is 17.2 Å². The second-order valence-corrected chi connectivity index (χ2v) is 9.44. The van der Waals surface area contributed by atoms with Crippen molar-refractivity contribution in [3.05, 3.63) is 28.3 Å². The number of non-ortho nitro benzene ring substituents is 1. The van der Waals surface area contributed by atoms with Gasteiger partial charge < -0.3 is 4.74 Å². The maximum atomic E-state index is 11.5. The van der Waals surface area contributed by atoms with E-state index in [2.05, 4.69) is 4.72 Å². The topological polar surface area (TPSA) is 142 Å². The summed E-state index contributed by atoms with van der Waals surface area (Å²) in [5.41, 5.74) is -0.253. The SMILES string of the molecule is CS(=O)(=O)Nc1ccc([N+](=O)[O-])cc1OC1CCCCC1OS(C)(=O)=O. The molecule has 0 radical (unpaired) electrons. The molecule has 1 fully saturated rings. The zero-order valence-electron chi connectivity index (χ0n) is 14.2. The molecule has 0 bridgehead atoms. The molecule has 26 heavy (non-hydrogen) atoms. The molecule has 12 heteroatoms. The highest BCUT2D eigenvalue weighted by molar-refractivity contribution is 7.92. The fraction of sp³-hybridized carbons (Fsp3) is 0.571. The monoisotopic (exact) mass is 408 g/mol. The molecule has 2 unspecified atom stereocenters. The number of hydrogen-bond donors (Lipinski definition) is 1. The summed E-state index contributed by atoms with van der Waals surface area (Å²) >= 11 is 0. The maximum Gasteiger partial charge on any atom is 0.273 e. The van der Waals surface area contributed by atoms with Crippen LogP contribution < -0.4 is 9.46 Å². The largest absolute Gasteiger partial charge is 0.485 e. The van der Waals surface area contributed by atoms with Crippen molar-refractivity contribution in [2.45, 2.75) is 37.9 Å². The highest BCUT2D eigenvalue weighted by atomic mass is 32.2. The minimum absolute atomic E-state index is 0.0294. The zero-order chi connectivity index (χ0) is 19.5. The van der Waals surface area contributed by atoms with Gasteiger partial charge in [0.25, 0.3) is 15.8 Å². The van der Waals surface area contributed by atoms with Crippen LogP contribution in [0.1, 0.15) is 25.7 Å². The summed E-state index contributed by atoms with van der Waals surface area (Å²) in [6, 6.07) is 3.47. The van der Waals surface area contributed by atoms with E-state index in [0.29, 0.717) is 12.8 Å². The fourth-order valence-corrected chi connectivity index (χ4v) is 3.94. The molecule has 0 aromatic heterocycles. The van der Waals surface area contributed by atoms with Crippen molar-refractivity contribution >= 4 is 31.5 Å². The van der Waals surface area contributed by atoms with Gasteiger partial charge in [-0.1, -0.05) is 6.42 Å². The van der Waals surface area contributed by atoms with Crippen molar-refractivity contribution in [2.24, 2.45) is 0 Å². The molecule has 1 aromatic rings. The Morgan fingerprint density at radius 1 is 1.12 bits per heavy atom. The molecular weight excluding hydrogens is 388 g/mol. The molecular formula is C14H20N2O8S2. The number of anilines is 1. The summed E-state index contributed by atoms with van der Waals surface area (Å²) < 4.78 is 58.9. The highest BCUT2D eigenvalue weighted by Gasteiger charge is 2.31. The Labute approximate surface area is 151 Å². The van der Waals surface area contributed by atoms with Crippen LogP contribution in [-0.2, 0) is 24.3 Å². The average Bonchev–Trinajstić information content (AvgIpc) is 2.48. The van der Waals surface area contributed by atoms with Crippen molar-refractivity contribution in [1.82, 2.24) is 0 Å². The summed E-state index contributed by atoms with van der Waals surface area (Å²) in [5.74, 6) is -0.0568. The summed E-state index contributed by atoms with van der Waals surface area (Å²) in [5, 5.41) is 11.0. The summed E-state index contributed by atoms with van der Waals surface area (Å²) in [4.78, 5) is 10.4. The molecule has 1 aliphatic carbocycles. The Morgan fingerprint density at radius 3 is 2.27 bits per heavy atom. The van der Waals surface area contributed by atoms with E-state index in [1.54, 1.807) is 0 Å². The fourth-order valence-electron chi connectivity index (χ4n) is 2.70. The molecule has 2 atom stereocenters. The van der Waals surface area contributed by atoms with Gasteiger partial charge in [0.1, 0.15) is 12.2 Å². The van der Waals surface area contributed by atoms with E-state index in [9.17, 15) is 26.9 Å². The lowest BCUT2D eigenvalue weighted by molar-refractivity contribution is -0.384. The average molecular weight is 408 g/mol. The Bertz CT molecular complexity index is 882. The van der Waals surface area contributed by atoms with Crippen LogP contribution in [0, 0.1) is 10.1 Å². The predicted octanol–water partition coefficient (Wildman–Crippen LogP) is 1.63. The maximum absolute atomic E-state index is 11.5. The molecule has 1 N–H and O–H groups in total. The molecule has 1 aliphatic rings. The first-order chi connectivity index (χ1) is 11.9. The van der Waals surface area contributed by atoms with E-state index in [4.69, 9.17) is 8.92 Å². The first kappa shape index (κ1) is 20.4. The summed E-state index contributed by atoms with van der Waals surface area (Å²) in [6.07, 6.45) is 2.88. The molecule has 0 spiro atoms. The molecule has 0 aliphatic heterocycles. The number of benzene rings is 1. The normalized spacial score (nSPS) is 21.2. The number of nitrogens with zero attached hydrogens (tertiary/aromatic N) is 1. The van der Waals surface area contributed by atoms with Gasteiger partial charge in [0.15, 0.2) is 5.75 Å². The van der Waals surface area contributed by atoms with Crippen LogP contribution in [0.4, 0.5) is 11.4 Å². The lowest BCUT2D eigenvalue weighted by atomic mass is 9.95. The molecule has 1 saturated carbocycles. The Kier molecular flexibility index (Phi) is 6.09. The molecule has 2 rings (SSSR count). The number of hydrogen-bond acceptors (Lipinski definition) is 8. The van der Waals surface area contributed by atoms with Gasteiger partial charge in [0.2, 0.25) is 10.0 Å². The van der Waals surface area contributed by atoms with Gasteiger partial charge in [0, 0.05) is 6.07 Å². The van der Waals surface area contributed by atoms with Crippen LogP contribution in [-0.4, -0.2) is 46.5 Å². The van der Waals surface area contributed by atoms with Crippen molar-refractivity contribution in [3.8, 4) is 5.75 Å². The Morgan fingerprint density at radius 2 is 1.73 bits per heavy atom. The van der Waals surface area contributed by atoms with Crippen molar-refractivity contribution in [3.63, 3.8) is 0 Å². The second-order valence-electron chi connectivity index (χ2n) is 6.09. The van der Waals surface area contributed by atoms with E-state index < -0.39 is 37.3 Å². The van der Waals surface area contributed by atoms with E-state index in [0.717, 1.165) is 37.5 Å². The molecule has 10 nitrogen and oxygen atoms in total. The van der Waals surface area contributed by atoms with Crippen molar-refractivity contribution < 1.29 is 30.7 Å². The number of sulfonamides is 1. The smallest absolute Gasteiger partial charge is 0.273 e. The van der Waals surface area contributed by atoms with E-state index in [1.807, 2.05) is 0 Å². The van der Waals surface area contributed by atoms with Gasteiger partial charge in [-0.2, -0.15) is 8.42 Å². The van der Waals surface area contributed by atoms with Crippen LogP contribution in [0.2, 0.25) is 0 Å². The molecule has 1 aromatic carbocycles. The van der Waals surface area contributed by atoms with Crippen LogP contribution in [0.15, 0.2) is 18.2 Å². The van der Waals surface area contributed by atoms with Crippen molar-refractivity contribution in [1.29, 1.82) is 0 Å². The molecule has 0 saturated heterocycles. The Hall–Kier alpha value is -1.92. The van der Waals surface area contributed by atoms with Gasteiger partial charge in [-0.15, -0.1) is 0 Å². The van der Waals surface area contributed by atoms with Gasteiger partial charge >= 0.3 is 0 Å². The second kappa shape index (κ2) is 7.76. The van der Waals surface area contributed by atoms with Gasteiger partial charge in [0.05, 0.1) is 29.2 Å². The highest BCUT2D eigenvalue weighted by Crippen LogP contribution is 2.34. The minimum Gasteiger partial charge on any atom is -0.485 e.